The minimum absolute atomic E-state index is 0.0317. The molecule has 0 aliphatic carbocycles. The van der Waals surface area contributed by atoms with Gasteiger partial charge in [0.05, 0.1) is 57.4 Å². The summed E-state index contributed by atoms with van der Waals surface area (Å²) in [7, 11) is 0. The average molecular weight is 1250 g/mol. The summed E-state index contributed by atoms with van der Waals surface area (Å²) < 4.78 is 18.3. The Labute approximate surface area is 516 Å². The standard InChI is InChI=1S/C59H89N15O13S/c1-35(2)26-42-54(79)63-31-50(76)65-45(28-37-30-62-40-13-6-5-12-39(37)40)58(83)74-20-11-15-47(74)57(82)66-41(53(60)78)14-9-10-19-73-32-38(71-72-73)29-44(56(81)68-43(27-36(3)4)55(80)67-42)64-51(77)33-87-25-24-86-23-22-85-21-18-61-49(75)17-8-7-16-48-52-46(34-88-48)69-59(84)70-52/h5-6,12-13,30,32,35-36,41-48,52,62H,7-11,14-29,31,33-34H2,1-4H3,(H2,60,78)(H,61,75)(H,63,79)(H,64,77)(H,65,76)(H,66,82)(H,67,80)(H,68,81)(H2,69,70,84)/t41-,42-,43-,44-,45-,46-,47-,48-,52-/m0/s1. The van der Waals surface area contributed by atoms with Crippen LogP contribution in [0.5, 0.6) is 0 Å². The van der Waals surface area contributed by atoms with Crippen molar-refractivity contribution >= 4 is 81.9 Å². The Hall–Kier alpha value is -7.37. The van der Waals surface area contributed by atoms with Gasteiger partial charge in [0.15, 0.2) is 0 Å². The van der Waals surface area contributed by atoms with E-state index in [4.69, 9.17) is 19.9 Å². The van der Waals surface area contributed by atoms with Crippen LogP contribution in [0.1, 0.15) is 110 Å². The number of nitrogens with zero attached hydrogens (tertiary/aromatic N) is 4. The zero-order valence-electron chi connectivity index (χ0n) is 50.9. The summed E-state index contributed by atoms with van der Waals surface area (Å²) >= 11 is 1.86. The van der Waals surface area contributed by atoms with Crippen LogP contribution in [0.4, 0.5) is 4.79 Å². The van der Waals surface area contributed by atoms with E-state index in [1.54, 1.807) is 12.4 Å². The number of hydrogen-bond donors (Lipinski definition) is 11. The number of H-pyrrole nitrogens is 1. The number of nitrogens with one attached hydrogen (secondary N) is 10. The van der Waals surface area contributed by atoms with Crippen molar-refractivity contribution in [2.75, 3.05) is 65.0 Å². The van der Waals surface area contributed by atoms with Gasteiger partial charge in [-0.25, -0.2) is 4.79 Å². The van der Waals surface area contributed by atoms with Crippen molar-refractivity contribution < 1.29 is 62.2 Å². The molecule has 9 atom stereocenters. The summed E-state index contributed by atoms with van der Waals surface area (Å²) in [4.78, 5) is 140. The molecule has 88 heavy (non-hydrogen) atoms. The first-order chi connectivity index (χ1) is 42.3. The van der Waals surface area contributed by atoms with Gasteiger partial charge in [-0.05, 0) is 81.3 Å². The summed E-state index contributed by atoms with van der Waals surface area (Å²) in [6.45, 7) is 8.23. The van der Waals surface area contributed by atoms with Crippen LogP contribution in [0.3, 0.4) is 0 Å². The minimum Gasteiger partial charge on any atom is -0.377 e. The van der Waals surface area contributed by atoms with E-state index in [2.05, 4.69) is 63.1 Å². The van der Waals surface area contributed by atoms with Crippen molar-refractivity contribution in [1.82, 2.24) is 72.7 Å². The fourth-order valence-electron chi connectivity index (χ4n) is 11.3. The molecule has 28 nitrogen and oxygen atoms in total. The van der Waals surface area contributed by atoms with Gasteiger partial charge in [0.1, 0.15) is 42.9 Å². The van der Waals surface area contributed by atoms with Crippen LogP contribution in [-0.4, -0.2) is 203 Å². The van der Waals surface area contributed by atoms with E-state index in [1.807, 2.05) is 63.7 Å². The van der Waals surface area contributed by atoms with Gasteiger partial charge in [-0.15, -0.1) is 5.10 Å². The fourth-order valence-corrected chi connectivity index (χ4v) is 12.9. The number of aryl methyl sites for hydroxylation is 1. The second kappa shape index (κ2) is 34.4. The summed E-state index contributed by atoms with van der Waals surface area (Å²) in [5, 5.41) is 34.9. The van der Waals surface area contributed by atoms with Crippen LogP contribution >= 0.6 is 11.8 Å². The molecule has 0 saturated carbocycles. The minimum atomic E-state index is -1.29. The normalized spacial score (nSPS) is 24.5. The third kappa shape index (κ3) is 21.2. The summed E-state index contributed by atoms with van der Waals surface area (Å²) in [6.07, 6.45) is 8.36. The van der Waals surface area contributed by atoms with Gasteiger partial charge in [-0.2, -0.15) is 11.8 Å². The molecule has 3 aromatic rings. The number of unbranched alkanes of at least 4 members (excludes halogenated alkanes) is 1. The molecule has 3 fully saturated rings. The maximum Gasteiger partial charge on any atom is 0.315 e. The van der Waals surface area contributed by atoms with E-state index in [-0.39, 0.29) is 101 Å². The topological polar surface area (TPSA) is 382 Å². The quantitative estimate of drug-likeness (QED) is 0.0406. The summed E-state index contributed by atoms with van der Waals surface area (Å²) in [5.41, 5.74) is 7.66. The number of amides is 11. The number of para-hydroxylation sites is 1. The van der Waals surface area contributed by atoms with E-state index >= 15 is 0 Å². The van der Waals surface area contributed by atoms with Crippen molar-refractivity contribution in [3.05, 3.63) is 47.9 Å². The lowest BCUT2D eigenvalue weighted by molar-refractivity contribution is -0.142. The van der Waals surface area contributed by atoms with Crippen molar-refractivity contribution in [3.63, 3.8) is 0 Å². The molecule has 29 heteroatoms. The Morgan fingerprint density at radius 1 is 0.761 bits per heavy atom. The Morgan fingerprint density at radius 2 is 1.49 bits per heavy atom. The molecule has 484 valence electrons. The van der Waals surface area contributed by atoms with Crippen molar-refractivity contribution in [2.45, 2.75) is 171 Å². The molecule has 4 aliphatic heterocycles. The molecule has 3 saturated heterocycles. The molecule has 1 aromatic carbocycles. The lowest BCUT2D eigenvalue weighted by atomic mass is 9.99. The smallest absolute Gasteiger partial charge is 0.315 e. The van der Waals surface area contributed by atoms with Crippen LogP contribution in [-0.2, 0) is 76.7 Å². The van der Waals surface area contributed by atoms with Crippen LogP contribution in [0.2, 0.25) is 0 Å². The number of thioether (sulfide) groups is 1. The van der Waals surface area contributed by atoms with Gasteiger partial charge in [-0.1, -0.05) is 57.5 Å². The van der Waals surface area contributed by atoms with E-state index < -0.39 is 96.7 Å². The molecule has 12 N–H and O–H groups in total. The Kier molecular flexibility index (Phi) is 26.6. The highest BCUT2D eigenvalue weighted by Gasteiger charge is 2.43. The number of benzene rings is 1. The summed E-state index contributed by atoms with van der Waals surface area (Å²) in [6, 6.07) is 0.843. The summed E-state index contributed by atoms with van der Waals surface area (Å²) in [5.74, 6) is -4.72. The SMILES string of the molecule is CC(C)C[C@@H]1NC(=O)[C@H](CC(C)C)NC(=O)[C@@H](NC(=O)COCCOCCOCCNC(=O)CCCC[C@@H]2SC[C@@H]3NC(=O)N[C@@H]32)Cc2cn(nn2)CCCC[C@@H](C(N)=O)NC(=O)[C@@H]2CCCN2C(=O)[C@H](Cc2c[nH]c3ccccc23)NC(=O)CNC1=O. The van der Waals surface area contributed by atoms with E-state index in [9.17, 15) is 47.9 Å². The number of aromatic nitrogens is 4. The number of rotatable bonds is 24. The number of hydrogen-bond acceptors (Lipinski definition) is 16. The lowest BCUT2D eigenvalue weighted by Crippen LogP contribution is -2.58. The number of ether oxygens (including phenoxy) is 3. The molecular formula is C59H89N15O13S. The van der Waals surface area contributed by atoms with Crippen LogP contribution < -0.4 is 53.6 Å². The van der Waals surface area contributed by atoms with Gasteiger partial charge in [-0.3, -0.25) is 47.8 Å². The van der Waals surface area contributed by atoms with Gasteiger partial charge >= 0.3 is 6.03 Å². The molecule has 6 heterocycles. The highest BCUT2D eigenvalue weighted by Crippen LogP contribution is 2.33. The number of primary amides is 1. The molecule has 4 aliphatic rings. The molecular weight excluding hydrogens is 1160 g/mol. The number of fused-ring (bicyclic) bond motifs is 5. The van der Waals surface area contributed by atoms with Crippen LogP contribution in [0.15, 0.2) is 36.7 Å². The average Bonchev–Trinajstić information content (AvgIpc) is 2.90. The van der Waals surface area contributed by atoms with Crippen LogP contribution in [0.25, 0.3) is 10.9 Å². The van der Waals surface area contributed by atoms with Crippen molar-refractivity contribution in [1.29, 1.82) is 0 Å². The first-order valence-electron chi connectivity index (χ1n) is 30.8. The van der Waals surface area contributed by atoms with Crippen LogP contribution in [0, 0.1) is 11.8 Å². The number of carbonyl (C=O) groups is 10. The molecule has 2 bridgehead atoms. The van der Waals surface area contributed by atoms with E-state index in [0.717, 1.165) is 41.5 Å². The van der Waals surface area contributed by atoms with Gasteiger partial charge in [0, 0.05) is 73.2 Å². The van der Waals surface area contributed by atoms with Gasteiger partial charge in [0.2, 0.25) is 53.2 Å². The first-order valence-corrected chi connectivity index (χ1v) is 31.9. The predicted octanol–water partition coefficient (Wildman–Crippen LogP) is -0.271. The lowest BCUT2D eigenvalue weighted by Gasteiger charge is -2.30. The maximum absolute atomic E-state index is 14.6. The first kappa shape index (κ1) is 68.1. The predicted molar refractivity (Wildman–Crippen MR) is 325 cm³/mol. The van der Waals surface area contributed by atoms with E-state index in [0.29, 0.717) is 62.7 Å². The highest BCUT2D eigenvalue weighted by molar-refractivity contribution is 8.00. The molecule has 0 unspecified atom stereocenters. The zero-order valence-corrected chi connectivity index (χ0v) is 51.7. The molecule has 0 radical (unpaired) electrons. The number of urea groups is 1. The third-order valence-corrected chi connectivity index (χ3v) is 17.3. The monoisotopic (exact) mass is 1250 g/mol. The molecule has 7 rings (SSSR count). The number of aromatic amines is 1. The Balaban J connectivity index is 0.942. The number of carbonyl (C=O) groups excluding carboxylic acids is 10. The van der Waals surface area contributed by atoms with Crippen molar-refractivity contribution in [2.24, 2.45) is 17.6 Å². The molecule has 2 aromatic heterocycles. The Morgan fingerprint density at radius 3 is 2.25 bits per heavy atom. The van der Waals surface area contributed by atoms with Crippen molar-refractivity contribution in [3.8, 4) is 0 Å². The zero-order chi connectivity index (χ0) is 63.1. The molecule has 11 amide bonds. The number of nitrogens with two attached hydrogens (primary N) is 1. The maximum atomic E-state index is 14.6. The fraction of sp³-hybridized carbons (Fsp3) is 0.661. The van der Waals surface area contributed by atoms with E-state index in [1.165, 1.54) is 9.58 Å². The van der Waals surface area contributed by atoms with Gasteiger partial charge < -0.3 is 77.7 Å². The Bertz CT molecular complexity index is 2870. The second-order valence-corrected chi connectivity index (χ2v) is 25.0. The highest BCUT2D eigenvalue weighted by atomic mass is 32.2. The molecule has 0 spiro atoms. The van der Waals surface area contributed by atoms with Gasteiger partial charge in [0.25, 0.3) is 0 Å². The second-order valence-electron chi connectivity index (χ2n) is 23.7. The largest absolute Gasteiger partial charge is 0.377 e. The third-order valence-electron chi connectivity index (χ3n) is 15.7.